The van der Waals surface area contributed by atoms with E-state index in [0.717, 1.165) is 34.4 Å². The van der Waals surface area contributed by atoms with Crippen LogP contribution in [-0.4, -0.2) is 27.5 Å². The van der Waals surface area contributed by atoms with E-state index in [0.29, 0.717) is 18.0 Å². The van der Waals surface area contributed by atoms with Gasteiger partial charge in [-0.25, -0.2) is 9.18 Å². The largest absolute Gasteiger partial charge is 0.481 e. The fourth-order valence-electron chi connectivity index (χ4n) is 4.17. The Morgan fingerprint density at radius 3 is 2.51 bits per heavy atom. The Labute approximate surface area is 204 Å². The molecule has 3 aromatic carbocycles. The fraction of sp³-hybridized carbons (Fsp3) is 0.241. The maximum atomic E-state index is 14.1. The van der Waals surface area contributed by atoms with Gasteiger partial charge in [0.1, 0.15) is 11.6 Å². The molecule has 0 bridgehead atoms. The summed E-state index contributed by atoms with van der Waals surface area (Å²) in [5, 5.41) is 14.1. The fourth-order valence-corrected chi connectivity index (χ4v) is 4.17. The third kappa shape index (κ3) is 5.77. The number of nitrogens with zero attached hydrogens (tertiary/aromatic N) is 2. The van der Waals surface area contributed by atoms with Crippen molar-refractivity contribution in [3.63, 3.8) is 0 Å². The highest BCUT2D eigenvalue weighted by atomic mass is 19.1. The zero-order chi connectivity index (χ0) is 24.9. The van der Waals surface area contributed by atoms with Crippen LogP contribution in [0.15, 0.2) is 72.8 Å². The topological polar surface area (TPSA) is 64.3 Å². The molecule has 0 amide bonds. The first-order valence-corrected chi connectivity index (χ1v) is 11.7. The molecule has 0 fully saturated rings. The molecule has 0 aliphatic carbocycles. The average Bonchev–Trinajstić information content (AvgIpc) is 3.25. The van der Waals surface area contributed by atoms with Crippen molar-refractivity contribution in [1.29, 1.82) is 0 Å². The van der Waals surface area contributed by atoms with Gasteiger partial charge in [0, 0.05) is 17.7 Å². The first kappa shape index (κ1) is 24.2. The van der Waals surface area contributed by atoms with Crippen LogP contribution in [0.3, 0.4) is 0 Å². The van der Waals surface area contributed by atoms with Gasteiger partial charge in [-0.05, 0) is 60.2 Å². The smallest absolute Gasteiger partial charge is 0.341 e. The van der Waals surface area contributed by atoms with Gasteiger partial charge in [0.25, 0.3) is 0 Å². The van der Waals surface area contributed by atoms with Gasteiger partial charge in [-0.1, -0.05) is 62.4 Å². The molecule has 0 saturated carbocycles. The highest BCUT2D eigenvalue weighted by molar-refractivity contribution is 5.77. The molecule has 180 valence electrons. The van der Waals surface area contributed by atoms with Crippen LogP contribution in [0.1, 0.15) is 36.5 Å². The van der Waals surface area contributed by atoms with Crippen LogP contribution in [0.4, 0.5) is 4.39 Å². The summed E-state index contributed by atoms with van der Waals surface area (Å²) in [7, 11) is 0. The zero-order valence-electron chi connectivity index (χ0n) is 20.2. The second kappa shape index (κ2) is 10.6. The van der Waals surface area contributed by atoms with E-state index in [-0.39, 0.29) is 11.7 Å². The van der Waals surface area contributed by atoms with E-state index in [4.69, 9.17) is 9.84 Å². The lowest BCUT2D eigenvalue weighted by Gasteiger charge is -2.15. The number of hydrogen-bond donors (Lipinski definition) is 1. The summed E-state index contributed by atoms with van der Waals surface area (Å²) < 4.78 is 21.7. The van der Waals surface area contributed by atoms with Crippen molar-refractivity contribution in [1.82, 2.24) is 9.78 Å². The number of rotatable bonds is 9. The van der Waals surface area contributed by atoms with Crippen LogP contribution < -0.4 is 4.74 Å². The molecule has 4 aromatic rings. The van der Waals surface area contributed by atoms with Gasteiger partial charge in [-0.15, -0.1) is 0 Å². The number of hydrogen-bond acceptors (Lipinski definition) is 3. The predicted octanol–water partition coefficient (Wildman–Crippen LogP) is 6.49. The normalized spacial score (nSPS) is 11.1. The third-order valence-electron chi connectivity index (χ3n) is 5.95. The number of halogens is 1. The molecule has 0 atom stereocenters. The maximum Gasteiger partial charge on any atom is 0.341 e. The molecule has 0 aliphatic heterocycles. The minimum atomic E-state index is -1.04. The molecular formula is C29H29FN2O3. The lowest BCUT2D eigenvalue weighted by molar-refractivity contribution is -0.139. The Morgan fingerprint density at radius 1 is 1.06 bits per heavy atom. The van der Waals surface area contributed by atoms with Gasteiger partial charge in [0.05, 0.1) is 11.4 Å². The van der Waals surface area contributed by atoms with Crippen molar-refractivity contribution >= 4 is 5.97 Å². The van der Waals surface area contributed by atoms with Crippen LogP contribution in [-0.2, 0) is 17.8 Å². The van der Waals surface area contributed by atoms with E-state index >= 15 is 0 Å². The monoisotopic (exact) mass is 472 g/mol. The quantitative estimate of drug-likeness (QED) is 0.302. The SMILES string of the molecule is Cc1cc(C(C)C)cc(OCC(=O)O)c1-c1cc(-c2cccc(F)c2)n(CCc2ccccc2)n1. The van der Waals surface area contributed by atoms with E-state index in [1.807, 2.05) is 48.0 Å². The first-order chi connectivity index (χ1) is 16.8. The van der Waals surface area contributed by atoms with Crippen molar-refractivity contribution in [3.8, 4) is 28.3 Å². The maximum absolute atomic E-state index is 14.1. The number of carboxylic acid groups (broad SMARTS) is 1. The van der Waals surface area contributed by atoms with Gasteiger partial charge in [-0.3, -0.25) is 4.68 Å². The lowest BCUT2D eigenvalue weighted by atomic mass is 9.95. The van der Waals surface area contributed by atoms with E-state index < -0.39 is 12.6 Å². The Balaban J connectivity index is 1.81. The minimum absolute atomic E-state index is 0.251. The first-order valence-electron chi connectivity index (χ1n) is 11.7. The molecule has 1 aromatic heterocycles. The summed E-state index contributed by atoms with van der Waals surface area (Å²) in [6.45, 7) is 6.29. The van der Waals surface area contributed by atoms with E-state index in [1.54, 1.807) is 6.07 Å². The summed E-state index contributed by atoms with van der Waals surface area (Å²) in [5.41, 5.74) is 6.08. The number of carboxylic acids is 1. The van der Waals surface area contributed by atoms with Crippen molar-refractivity contribution < 1.29 is 19.0 Å². The summed E-state index contributed by atoms with van der Waals surface area (Å²) in [6, 6.07) is 22.5. The molecule has 1 heterocycles. The Kier molecular flexibility index (Phi) is 7.30. The standard InChI is InChI=1S/C29H29FN2O3/c1-19(2)23-14-20(3)29(27(16-23)35-18-28(33)34)25-17-26(22-10-7-11-24(30)15-22)32(31-25)13-12-21-8-5-4-6-9-21/h4-11,14-17,19H,12-13,18H2,1-3H3,(H,33,34). The lowest BCUT2D eigenvalue weighted by Crippen LogP contribution is -2.11. The van der Waals surface area contributed by atoms with Crippen LogP contribution in [0.2, 0.25) is 0 Å². The Morgan fingerprint density at radius 2 is 1.83 bits per heavy atom. The third-order valence-corrected chi connectivity index (χ3v) is 5.95. The van der Waals surface area contributed by atoms with Crippen molar-refractivity contribution in [2.75, 3.05) is 6.61 Å². The van der Waals surface area contributed by atoms with E-state index in [1.165, 1.54) is 17.7 Å². The second-order valence-electron chi connectivity index (χ2n) is 8.93. The number of ether oxygens (including phenoxy) is 1. The molecule has 6 heteroatoms. The summed E-state index contributed by atoms with van der Waals surface area (Å²) >= 11 is 0. The summed E-state index contributed by atoms with van der Waals surface area (Å²) in [5.74, 6) is -0.629. The molecule has 4 rings (SSSR count). The van der Waals surface area contributed by atoms with Gasteiger partial charge in [0.15, 0.2) is 6.61 Å². The molecule has 35 heavy (non-hydrogen) atoms. The minimum Gasteiger partial charge on any atom is -0.481 e. The van der Waals surface area contributed by atoms with Crippen molar-refractivity contribution in [3.05, 3.63) is 95.3 Å². The predicted molar refractivity (Wildman–Crippen MR) is 135 cm³/mol. The van der Waals surface area contributed by atoms with E-state index in [9.17, 15) is 14.3 Å². The molecule has 0 aliphatic rings. The van der Waals surface area contributed by atoms with Gasteiger partial charge >= 0.3 is 5.97 Å². The second-order valence-corrected chi connectivity index (χ2v) is 8.93. The number of aryl methyl sites for hydroxylation is 3. The van der Waals surface area contributed by atoms with E-state index in [2.05, 4.69) is 32.0 Å². The van der Waals surface area contributed by atoms with Crippen LogP contribution >= 0.6 is 0 Å². The zero-order valence-corrected chi connectivity index (χ0v) is 20.2. The van der Waals surface area contributed by atoms with Crippen molar-refractivity contribution in [2.24, 2.45) is 0 Å². The number of aliphatic carboxylic acids is 1. The average molecular weight is 473 g/mol. The molecule has 0 saturated heterocycles. The molecule has 5 nitrogen and oxygen atoms in total. The van der Waals surface area contributed by atoms with Crippen LogP contribution in [0.5, 0.6) is 5.75 Å². The highest BCUT2D eigenvalue weighted by Gasteiger charge is 2.20. The van der Waals surface area contributed by atoms with Gasteiger partial charge in [0.2, 0.25) is 0 Å². The number of aromatic nitrogens is 2. The molecule has 0 unspecified atom stereocenters. The molecule has 0 spiro atoms. The Hall–Kier alpha value is -3.93. The van der Waals surface area contributed by atoms with Crippen LogP contribution in [0.25, 0.3) is 22.5 Å². The van der Waals surface area contributed by atoms with Crippen molar-refractivity contribution in [2.45, 2.75) is 39.7 Å². The molecule has 0 radical (unpaired) electrons. The number of benzene rings is 3. The van der Waals surface area contributed by atoms with Gasteiger partial charge < -0.3 is 9.84 Å². The molecular weight excluding hydrogens is 443 g/mol. The summed E-state index contributed by atoms with van der Waals surface area (Å²) in [4.78, 5) is 11.2. The highest BCUT2D eigenvalue weighted by Crippen LogP contribution is 2.37. The van der Waals surface area contributed by atoms with Gasteiger partial charge in [-0.2, -0.15) is 5.10 Å². The summed E-state index contributed by atoms with van der Waals surface area (Å²) in [6.07, 6.45) is 0.762. The molecule has 1 N–H and O–H groups in total. The number of carbonyl (C=O) groups is 1. The van der Waals surface area contributed by atoms with Crippen LogP contribution in [0, 0.1) is 12.7 Å². The Bertz CT molecular complexity index is 1330.